The van der Waals surface area contributed by atoms with Crippen molar-refractivity contribution in [1.82, 2.24) is 10.2 Å². The first-order valence-corrected chi connectivity index (χ1v) is 5.84. The summed E-state index contributed by atoms with van der Waals surface area (Å²) in [5, 5.41) is 10.7. The van der Waals surface area contributed by atoms with Gasteiger partial charge in [-0.3, -0.25) is 0 Å². The largest absolute Gasteiger partial charge is 0.424 e. The number of nitrogens with one attached hydrogen (secondary N) is 1. The van der Waals surface area contributed by atoms with E-state index in [1.54, 1.807) is 13.0 Å². The van der Waals surface area contributed by atoms with E-state index in [2.05, 4.69) is 31.4 Å². The topological polar surface area (TPSA) is 51.0 Å². The van der Waals surface area contributed by atoms with Gasteiger partial charge in [-0.25, -0.2) is 4.39 Å². The lowest BCUT2D eigenvalue weighted by Gasteiger charge is -2.08. The Balaban J connectivity index is 2.11. The molecule has 2 aromatic rings. The van der Waals surface area contributed by atoms with Gasteiger partial charge in [0.2, 0.25) is 11.8 Å². The smallest absolute Gasteiger partial charge is 0.235 e. The van der Waals surface area contributed by atoms with Crippen molar-refractivity contribution in [3.63, 3.8) is 0 Å². The molecule has 0 amide bonds. The highest BCUT2D eigenvalue weighted by Gasteiger charge is 2.07. The van der Waals surface area contributed by atoms with E-state index < -0.39 is 0 Å². The molecule has 0 saturated heterocycles. The maximum Gasteiger partial charge on any atom is 0.235 e. The second kappa shape index (κ2) is 4.83. The van der Waals surface area contributed by atoms with Crippen LogP contribution < -0.4 is 5.32 Å². The highest BCUT2D eigenvalue weighted by molar-refractivity contribution is 9.10. The number of halogens is 2. The third kappa shape index (κ3) is 2.82. The van der Waals surface area contributed by atoms with Crippen LogP contribution in [0, 0.1) is 19.7 Å². The number of hydrogen-bond acceptors (Lipinski definition) is 4. The molecular formula is C11H11BrFN3O. The summed E-state index contributed by atoms with van der Waals surface area (Å²) in [7, 11) is 0. The molecule has 0 spiro atoms. The minimum atomic E-state index is -0.276. The van der Waals surface area contributed by atoms with Crippen LogP contribution in [0.1, 0.15) is 17.3 Å². The molecule has 0 bridgehead atoms. The van der Waals surface area contributed by atoms with Crippen molar-refractivity contribution in [3.8, 4) is 0 Å². The molecule has 0 aliphatic heterocycles. The second-order valence-corrected chi connectivity index (χ2v) is 4.50. The lowest BCUT2D eigenvalue weighted by atomic mass is 10.2. The molecule has 17 heavy (non-hydrogen) atoms. The van der Waals surface area contributed by atoms with E-state index >= 15 is 0 Å². The fraction of sp³-hybridized carbons (Fsp3) is 0.273. The van der Waals surface area contributed by atoms with E-state index in [0.29, 0.717) is 22.8 Å². The second-order valence-electron chi connectivity index (χ2n) is 3.65. The number of rotatable bonds is 3. The van der Waals surface area contributed by atoms with E-state index in [9.17, 15) is 4.39 Å². The Morgan fingerprint density at radius 3 is 2.76 bits per heavy atom. The molecule has 0 unspecified atom stereocenters. The lowest BCUT2D eigenvalue weighted by Crippen LogP contribution is -2.02. The molecule has 0 radical (unpaired) electrons. The highest BCUT2D eigenvalue weighted by atomic mass is 79.9. The zero-order chi connectivity index (χ0) is 12.4. The Morgan fingerprint density at radius 2 is 2.12 bits per heavy atom. The van der Waals surface area contributed by atoms with E-state index in [0.717, 1.165) is 11.3 Å². The molecule has 6 heteroatoms. The monoisotopic (exact) mass is 299 g/mol. The number of hydrogen-bond donors (Lipinski definition) is 1. The summed E-state index contributed by atoms with van der Waals surface area (Å²) >= 11 is 3.14. The number of aryl methyl sites for hydroxylation is 2. The summed E-state index contributed by atoms with van der Waals surface area (Å²) < 4.78 is 18.9. The van der Waals surface area contributed by atoms with Crippen molar-refractivity contribution < 1.29 is 8.81 Å². The molecule has 0 fully saturated rings. The Bertz CT molecular complexity index is 542. The van der Waals surface area contributed by atoms with Crippen LogP contribution in [0.5, 0.6) is 0 Å². The zero-order valence-corrected chi connectivity index (χ0v) is 11.0. The fourth-order valence-electron chi connectivity index (χ4n) is 1.42. The van der Waals surface area contributed by atoms with Gasteiger partial charge in [0.1, 0.15) is 5.82 Å². The van der Waals surface area contributed by atoms with E-state index in [4.69, 9.17) is 4.42 Å². The van der Waals surface area contributed by atoms with Gasteiger partial charge >= 0.3 is 0 Å². The summed E-state index contributed by atoms with van der Waals surface area (Å²) in [4.78, 5) is 0. The minimum absolute atomic E-state index is 0.276. The molecule has 4 nitrogen and oxygen atoms in total. The van der Waals surface area contributed by atoms with Crippen LogP contribution >= 0.6 is 15.9 Å². The van der Waals surface area contributed by atoms with Crippen molar-refractivity contribution in [1.29, 1.82) is 0 Å². The molecule has 1 aromatic carbocycles. The van der Waals surface area contributed by atoms with Crippen LogP contribution in [-0.2, 0) is 6.54 Å². The first-order chi connectivity index (χ1) is 8.06. The Morgan fingerprint density at radius 1 is 1.35 bits per heavy atom. The van der Waals surface area contributed by atoms with E-state index in [1.807, 2.05) is 6.92 Å². The number of benzene rings is 1. The van der Waals surface area contributed by atoms with Gasteiger partial charge in [-0.05, 0) is 40.5 Å². The molecule has 1 heterocycles. The van der Waals surface area contributed by atoms with Crippen LogP contribution in [0.15, 0.2) is 21.0 Å². The van der Waals surface area contributed by atoms with Crippen LogP contribution in [0.2, 0.25) is 0 Å². The Kier molecular flexibility index (Phi) is 3.42. The first-order valence-electron chi connectivity index (χ1n) is 5.05. The lowest BCUT2D eigenvalue weighted by molar-refractivity contribution is 0.475. The minimum Gasteiger partial charge on any atom is -0.424 e. The Labute approximate surface area is 106 Å². The van der Waals surface area contributed by atoms with Gasteiger partial charge in [-0.2, -0.15) is 0 Å². The van der Waals surface area contributed by atoms with E-state index in [-0.39, 0.29) is 5.82 Å². The molecule has 0 aliphatic rings. The molecule has 1 N–H and O–H groups in total. The third-order valence-corrected chi connectivity index (χ3v) is 2.87. The van der Waals surface area contributed by atoms with Crippen molar-refractivity contribution in [3.05, 3.63) is 39.8 Å². The van der Waals surface area contributed by atoms with Crippen LogP contribution in [0.4, 0.5) is 10.1 Å². The molecule has 2 rings (SSSR count). The van der Waals surface area contributed by atoms with Gasteiger partial charge in [-0.15, -0.1) is 10.2 Å². The van der Waals surface area contributed by atoms with Crippen molar-refractivity contribution in [2.45, 2.75) is 20.4 Å². The fourth-order valence-corrected chi connectivity index (χ4v) is 1.76. The van der Waals surface area contributed by atoms with Gasteiger partial charge < -0.3 is 9.73 Å². The number of nitrogens with zero attached hydrogens (tertiary/aromatic N) is 2. The molecule has 0 saturated carbocycles. The number of aromatic nitrogens is 2. The zero-order valence-electron chi connectivity index (χ0n) is 9.42. The highest BCUT2D eigenvalue weighted by Crippen LogP contribution is 2.24. The average molecular weight is 300 g/mol. The van der Waals surface area contributed by atoms with Crippen molar-refractivity contribution in [2.24, 2.45) is 0 Å². The van der Waals surface area contributed by atoms with Crippen molar-refractivity contribution in [2.75, 3.05) is 5.32 Å². The third-order valence-electron chi connectivity index (χ3n) is 2.27. The summed E-state index contributed by atoms with van der Waals surface area (Å²) in [5.74, 6) is 0.753. The predicted octanol–water partition coefficient (Wildman–Crippen LogP) is 3.20. The molecular weight excluding hydrogens is 289 g/mol. The molecule has 90 valence electrons. The maximum absolute atomic E-state index is 13.2. The summed E-state index contributed by atoms with van der Waals surface area (Å²) in [5.41, 5.74) is 1.65. The number of anilines is 1. The SMILES string of the molecule is Cc1nnc(CNc2cc(Br)c(F)cc2C)o1. The first kappa shape index (κ1) is 12.0. The van der Waals surface area contributed by atoms with Gasteiger partial charge in [0.25, 0.3) is 0 Å². The maximum atomic E-state index is 13.2. The quantitative estimate of drug-likeness (QED) is 0.945. The Hall–Kier alpha value is -1.43. The van der Waals surface area contributed by atoms with E-state index in [1.165, 1.54) is 6.07 Å². The summed E-state index contributed by atoms with van der Waals surface area (Å²) in [6.07, 6.45) is 0. The normalized spacial score (nSPS) is 10.6. The average Bonchev–Trinajstić information content (AvgIpc) is 2.68. The van der Waals surface area contributed by atoms with Gasteiger partial charge in [0.15, 0.2) is 0 Å². The van der Waals surface area contributed by atoms with Crippen LogP contribution in [0.3, 0.4) is 0 Å². The molecule has 0 atom stereocenters. The van der Waals surface area contributed by atoms with Gasteiger partial charge in [0.05, 0.1) is 11.0 Å². The van der Waals surface area contributed by atoms with Crippen LogP contribution in [-0.4, -0.2) is 10.2 Å². The molecule has 1 aromatic heterocycles. The molecule has 0 aliphatic carbocycles. The van der Waals surface area contributed by atoms with Crippen molar-refractivity contribution >= 4 is 21.6 Å². The van der Waals surface area contributed by atoms with Gasteiger partial charge in [0, 0.05) is 12.6 Å². The van der Waals surface area contributed by atoms with Crippen LogP contribution in [0.25, 0.3) is 0 Å². The standard InChI is InChI=1S/C11H11BrFN3O/c1-6-3-9(13)8(12)4-10(6)14-5-11-16-15-7(2)17-11/h3-4,14H,5H2,1-2H3. The summed E-state index contributed by atoms with van der Waals surface area (Å²) in [6, 6.07) is 3.15. The summed E-state index contributed by atoms with van der Waals surface area (Å²) in [6.45, 7) is 3.98. The predicted molar refractivity (Wildman–Crippen MR) is 65.2 cm³/mol. The van der Waals surface area contributed by atoms with Gasteiger partial charge in [-0.1, -0.05) is 0 Å².